The van der Waals surface area contributed by atoms with Crippen LogP contribution in [-0.4, -0.2) is 23.1 Å². The lowest BCUT2D eigenvalue weighted by atomic mass is 10.1. The van der Waals surface area contributed by atoms with Crippen LogP contribution in [0.15, 0.2) is 47.4 Å². The predicted octanol–water partition coefficient (Wildman–Crippen LogP) is 3.13. The molecule has 5 heteroatoms. The van der Waals surface area contributed by atoms with Crippen LogP contribution in [0, 0.1) is 13.8 Å². The Morgan fingerprint density at radius 1 is 0.957 bits per heavy atom. The Hall–Kier alpha value is -2.27. The first-order valence-electron chi connectivity index (χ1n) is 7.54. The molecule has 2 aromatic rings. The molecule has 4 rings (SSSR count). The highest BCUT2D eigenvalue weighted by Crippen LogP contribution is 2.43. The van der Waals surface area contributed by atoms with Crippen LogP contribution in [-0.2, 0) is 9.59 Å². The molecule has 2 amide bonds. The largest absolute Gasteiger partial charge is 0.371 e. The molecule has 116 valence electrons. The van der Waals surface area contributed by atoms with Crippen LogP contribution in [0.4, 0.5) is 11.4 Å². The molecule has 1 saturated heterocycles. The van der Waals surface area contributed by atoms with E-state index in [0.29, 0.717) is 0 Å². The van der Waals surface area contributed by atoms with Crippen molar-refractivity contribution in [1.82, 2.24) is 0 Å². The highest BCUT2D eigenvalue weighted by Gasteiger charge is 2.51. The molecule has 2 heterocycles. The Morgan fingerprint density at radius 3 is 2.39 bits per heavy atom. The minimum absolute atomic E-state index is 0.135. The highest BCUT2D eigenvalue weighted by molar-refractivity contribution is 8.01. The van der Waals surface area contributed by atoms with Crippen LogP contribution in [0.3, 0.4) is 0 Å². The van der Waals surface area contributed by atoms with E-state index in [0.717, 1.165) is 27.4 Å². The fourth-order valence-electron chi connectivity index (χ4n) is 3.27. The monoisotopic (exact) mass is 324 g/mol. The van der Waals surface area contributed by atoms with E-state index >= 15 is 0 Å². The summed E-state index contributed by atoms with van der Waals surface area (Å²) in [7, 11) is 0. The number of nitrogens with one attached hydrogen (secondary N) is 1. The molecule has 1 N–H and O–H groups in total. The fraction of sp³-hybridized carbons (Fsp3) is 0.222. The molecule has 4 nitrogen and oxygen atoms in total. The summed E-state index contributed by atoms with van der Waals surface area (Å²) in [6.07, 6.45) is 0. The molecule has 0 spiro atoms. The van der Waals surface area contributed by atoms with Crippen LogP contribution in [0.5, 0.6) is 0 Å². The lowest BCUT2D eigenvalue weighted by Gasteiger charge is -2.25. The first-order chi connectivity index (χ1) is 11.1. The van der Waals surface area contributed by atoms with E-state index in [1.54, 1.807) is 0 Å². The van der Waals surface area contributed by atoms with Crippen molar-refractivity contribution in [2.24, 2.45) is 0 Å². The van der Waals surface area contributed by atoms with E-state index in [-0.39, 0.29) is 11.8 Å². The minimum Gasteiger partial charge on any atom is -0.371 e. The molecule has 0 aromatic heterocycles. The SMILES string of the molecule is Cc1cccc(C)c1N1C(=O)[C@@H]2Nc3ccccc3S[C@H]2C1=O. The number of amides is 2. The summed E-state index contributed by atoms with van der Waals surface area (Å²) in [5.41, 5.74) is 3.52. The van der Waals surface area contributed by atoms with Gasteiger partial charge in [0.05, 0.1) is 5.69 Å². The first-order valence-corrected chi connectivity index (χ1v) is 8.42. The summed E-state index contributed by atoms with van der Waals surface area (Å²) in [6, 6.07) is 13.1. The van der Waals surface area contributed by atoms with Gasteiger partial charge in [-0.1, -0.05) is 30.3 Å². The zero-order valence-corrected chi connectivity index (χ0v) is 13.7. The molecule has 0 saturated carbocycles. The van der Waals surface area contributed by atoms with Crippen molar-refractivity contribution in [3.63, 3.8) is 0 Å². The number of hydrogen-bond acceptors (Lipinski definition) is 4. The maximum absolute atomic E-state index is 12.9. The van der Waals surface area contributed by atoms with Crippen molar-refractivity contribution < 1.29 is 9.59 Å². The van der Waals surface area contributed by atoms with Gasteiger partial charge < -0.3 is 5.32 Å². The number of para-hydroxylation sites is 2. The molecule has 1 fully saturated rings. The van der Waals surface area contributed by atoms with Crippen molar-refractivity contribution in [2.45, 2.75) is 30.0 Å². The fourth-order valence-corrected chi connectivity index (χ4v) is 4.49. The Bertz CT molecular complexity index is 770. The second-order valence-electron chi connectivity index (χ2n) is 5.91. The topological polar surface area (TPSA) is 49.4 Å². The number of nitrogens with zero attached hydrogens (tertiary/aromatic N) is 1. The van der Waals surface area contributed by atoms with Crippen molar-refractivity contribution in [3.8, 4) is 0 Å². The van der Waals surface area contributed by atoms with Gasteiger partial charge in [-0.15, -0.1) is 11.8 Å². The van der Waals surface area contributed by atoms with Crippen LogP contribution >= 0.6 is 11.8 Å². The molecule has 2 atom stereocenters. The number of carbonyl (C=O) groups excluding carboxylic acids is 2. The molecular weight excluding hydrogens is 308 g/mol. The second kappa shape index (κ2) is 5.13. The number of benzene rings is 2. The van der Waals surface area contributed by atoms with Gasteiger partial charge in [0.2, 0.25) is 5.91 Å². The summed E-state index contributed by atoms with van der Waals surface area (Å²) < 4.78 is 0. The van der Waals surface area contributed by atoms with E-state index < -0.39 is 11.3 Å². The molecule has 2 aliphatic rings. The van der Waals surface area contributed by atoms with Gasteiger partial charge >= 0.3 is 0 Å². The zero-order chi connectivity index (χ0) is 16.1. The number of hydrogen-bond donors (Lipinski definition) is 1. The van der Waals surface area contributed by atoms with Crippen molar-refractivity contribution in [1.29, 1.82) is 0 Å². The molecule has 0 radical (unpaired) electrons. The van der Waals surface area contributed by atoms with Crippen LogP contribution in [0.2, 0.25) is 0 Å². The van der Waals surface area contributed by atoms with Gasteiger partial charge in [0, 0.05) is 10.6 Å². The Labute approximate surface area is 138 Å². The van der Waals surface area contributed by atoms with Gasteiger partial charge in [0.1, 0.15) is 11.3 Å². The molecule has 2 aliphatic heterocycles. The maximum Gasteiger partial charge on any atom is 0.258 e. The van der Waals surface area contributed by atoms with Crippen molar-refractivity contribution in [3.05, 3.63) is 53.6 Å². The number of imide groups is 1. The molecule has 0 aliphatic carbocycles. The van der Waals surface area contributed by atoms with Crippen molar-refractivity contribution in [2.75, 3.05) is 10.2 Å². The van der Waals surface area contributed by atoms with E-state index in [1.807, 2.05) is 56.3 Å². The summed E-state index contributed by atoms with van der Waals surface area (Å²) in [6.45, 7) is 3.86. The lowest BCUT2D eigenvalue weighted by Crippen LogP contribution is -2.38. The number of aryl methyl sites for hydroxylation is 2. The first kappa shape index (κ1) is 14.3. The Morgan fingerprint density at radius 2 is 1.65 bits per heavy atom. The number of carbonyl (C=O) groups is 2. The van der Waals surface area contributed by atoms with Gasteiger partial charge in [0.25, 0.3) is 5.91 Å². The predicted molar refractivity (Wildman–Crippen MR) is 91.9 cm³/mol. The van der Waals surface area contributed by atoms with Gasteiger partial charge in [-0.25, -0.2) is 4.90 Å². The van der Waals surface area contributed by atoms with Gasteiger partial charge in [-0.3, -0.25) is 9.59 Å². The van der Waals surface area contributed by atoms with Gasteiger partial charge in [-0.05, 0) is 37.1 Å². The maximum atomic E-state index is 12.9. The average molecular weight is 324 g/mol. The number of fused-ring (bicyclic) bond motifs is 2. The standard InChI is InChI=1S/C18H16N2O2S/c1-10-6-5-7-11(2)15(10)20-17(21)14-16(18(20)22)23-13-9-4-3-8-12(13)19-14/h3-9,14,16,19H,1-2H3/t14-,16-/m1/s1. The lowest BCUT2D eigenvalue weighted by molar-refractivity contribution is -0.121. The van der Waals surface area contributed by atoms with E-state index in [9.17, 15) is 9.59 Å². The Balaban J connectivity index is 1.77. The third-order valence-electron chi connectivity index (χ3n) is 4.37. The van der Waals surface area contributed by atoms with Crippen LogP contribution in [0.25, 0.3) is 0 Å². The van der Waals surface area contributed by atoms with Crippen LogP contribution < -0.4 is 10.2 Å². The van der Waals surface area contributed by atoms with Gasteiger partial charge in [0.15, 0.2) is 0 Å². The average Bonchev–Trinajstić information content (AvgIpc) is 2.78. The summed E-state index contributed by atoms with van der Waals surface area (Å²) in [4.78, 5) is 28.2. The number of rotatable bonds is 1. The molecule has 2 aromatic carbocycles. The molecule has 0 unspecified atom stereocenters. The Kier molecular flexibility index (Phi) is 3.20. The van der Waals surface area contributed by atoms with E-state index in [1.165, 1.54) is 16.7 Å². The van der Waals surface area contributed by atoms with E-state index in [2.05, 4.69) is 5.32 Å². The second-order valence-corrected chi connectivity index (χ2v) is 7.09. The summed E-state index contributed by atoms with van der Waals surface area (Å²) in [5.74, 6) is -0.302. The van der Waals surface area contributed by atoms with Crippen LogP contribution in [0.1, 0.15) is 11.1 Å². The number of thioether (sulfide) groups is 1. The highest BCUT2D eigenvalue weighted by atomic mass is 32.2. The normalized spacial score (nSPS) is 22.6. The molecule has 23 heavy (non-hydrogen) atoms. The van der Waals surface area contributed by atoms with Crippen molar-refractivity contribution >= 4 is 35.0 Å². The molecular formula is C18H16N2O2S. The third-order valence-corrected chi connectivity index (χ3v) is 5.71. The number of anilines is 2. The summed E-state index contributed by atoms with van der Waals surface area (Å²) in [5, 5.41) is 2.84. The zero-order valence-electron chi connectivity index (χ0n) is 12.9. The third kappa shape index (κ3) is 2.07. The molecule has 0 bridgehead atoms. The quantitative estimate of drug-likeness (QED) is 0.819. The smallest absolute Gasteiger partial charge is 0.258 e. The summed E-state index contributed by atoms with van der Waals surface area (Å²) >= 11 is 1.48. The minimum atomic E-state index is -0.499. The van der Waals surface area contributed by atoms with E-state index in [4.69, 9.17) is 0 Å². The van der Waals surface area contributed by atoms with Gasteiger partial charge in [-0.2, -0.15) is 0 Å².